The maximum Gasteiger partial charge on any atom is 0.411 e. The molecule has 2 aromatic carbocycles. The quantitative estimate of drug-likeness (QED) is 0.497. The molecule has 2 atom stereocenters. The van der Waals surface area contributed by atoms with Crippen molar-refractivity contribution in [3.05, 3.63) is 72.1 Å². The van der Waals surface area contributed by atoms with E-state index in [1.54, 1.807) is 0 Å². The van der Waals surface area contributed by atoms with Gasteiger partial charge >= 0.3 is 12.1 Å². The molecule has 1 fully saturated rings. The molecule has 1 aliphatic heterocycles. The van der Waals surface area contributed by atoms with Gasteiger partial charge in [0.05, 0.1) is 18.0 Å². The molecule has 0 radical (unpaired) electrons. The number of hydrogen-bond donors (Lipinski definition) is 3. The summed E-state index contributed by atoms with van der Waals surface area (Å²) >= 11 is 0. The fourth-order valence-electron chi connectivity index (χ4n) is 4.82. The van der Waals surface area contributed by atoms with Crippen LogP contribution in [-0.2, 0) is 20.9 Å². The van der Waals surface area contributed by atoms with E-state index in [1.807, 2.05) is 36.4 Å². The van der Waals surface area contributed by atoms with Crippen LogP contribution in [0.1, 0.15) is 23.5 Å². The van der Waals surface area contributed by atoms with Crippen molar-refractivity contribution in [3.8, 4) is 11.1 Å². The van der Waals surface area contributed by atoms with Crippen molar-refractivity contribution in [2.75, 3.05) is 18.5 Å². The van der Waals surface area contributed by atoms with Crippen molar-refractivity contribution >= 4 is 23.7 Å². The van der Waals surface area contributed by atoms with E-state index in [2.05, 4.69) is 22.5 Å². The van der Waals surface area contributed by atoms with E-state index in [9.17, 15) is 24.6 Å². The van der Waals surface area contributed by atoms with Gasteiger partial charge in [-0.1, -0.05) is 48.5 Å². The number of amides is 2. The number of fused-ring (bicyclic) bond motifs is 3. The molecule has 0 saturated carbocycles. The molecule has 1 aliphatic carbocycles. The number of carboxylic acid groups (broad SMARTS) is 1. The number of aromatic nitrogens is 2. The summed E-state index contributed by atoms with van der Waals surface area (Å²) in [6.45, 7) is -0.0921. The lowest BCUT2D eigenvalue weighted by Crippen LogP contribution is -2.42. The zero-order valence-corrected chi connectivity index (χ0v) is 18.7. The second kappa shape index (κ2) is 9.22. The first-order chi connectivity index (χ1) is 16.9. The van der Waals surface area contributed by atoms with Crippen molar-refractivity contribution < 1.29 is 29.3 Å². The molecule has 35 heavy (non-hydrogen) atoms. The van der Waals surface area contributed by atoms with Gasteiger partial charge in [0.2, 0.25) is 5.91 Å². The molecule has 1 aromatic heterocycles. The van der Waals surface area contributed by atoms with Crippen LogP contribution in [0.2, 0.25) is 0 Å². The molecule has 3 N–H and O–H groups in total. The van der Waals surface area contributed by atoms with E-state index in [0.29, 0.717) is 5.69 Å². The molecule has 180 valence electrons. The van der Waals surface area contributed by atoms with Crippen molar-refractivity contribution in [1.29, 1.82) is 0 Å². The van der Waals surface area contributed by atoms with Gasteiger partial charge in [0.1, 0.15) is 19.2 Å². The summed E-state index contributed by atoms with van der Waals surface area (Å²) in [5.74, 6) is -1.70. The van der Waals surface area contributed by atoms with Crippen LogP contribution >= 0.6 is 0 Å². The summed E-state index contributed by atoms with van der Waals surface area (Å²) in [7, 11) is 0. The van der Waals surface area contributed by atoms with Gasteiger partial charge in [-0.2, -0.15) is 5.10 Å². The monoisotopic (exact) mass is 476 g/mol. The summed E-state index contributed by atoms with van der Waals surface area (Å²) in [6, 6.07) is 15.0. The molecule has 1 saturated heterocycles. The molecule has 2 amide bonds. The number of anilines is 1. The summed E-state index contributed by atoms with van der Waals surface area (Å²) < 4.78 is 6.81. The fourth-order valence-corrected chi connectivity index (χ4v) is 4.82. The third-order valence-electron chi connectivity index (χ3n) is 6.40. The smallest absolute Gasteiger partial charge is 0.411 e. The van der Waals surface area contributed by atoms with Crippen LogP contribution in [0.4, 0.5) is 10.5 Å². The lowest BCUT2D eigenvalue weighted by Gasteiger charge is -2.20. The number of aliphatic carboxylic acids is 1. The standard InChI is InChI=1S/C25H24N4O6/c30-16-9-22(24(32)33)29(12-16)23(31)13-28-11-15(10-26-28)27-25(34)35-14-21-19-7-3-1-5-17(19)18-6-2-4-8-20(18)21/h1-8,10-11,16,21-22,30H,9,12-14H2,(H,27,34)(H,32,33)/t16?,22-/m0/s1. The number of carboxylic acids is 1. The van der Waals surface area contributed by atoms with Crippen molar-refractivity contribution in [2.24, 2.45) is 0 Å². The Bertz CT molecular complexity index is 1240. The lowest BCUT2D eigenvalue weighted by molar-refractivity contribution is -0.148. The minimum absolute atomic E-state index is 0.00519. The molecule has 3 aromatic rings. The predicted octanol–water partition coefficient (Wildman–Crippen LogP) is 2.29. The number of benzene rings is 2. The zero-order chi connectivity index (χ0) is 24.5. The molecule has 1 unspecified atom stereocenters. The molecule has 5 rings (SSSR count). The molecule has 10 nitrogen and oxygen atoms in total. The topological polar surface area (TPSA) is 134 Å². The number of nitrogens with zero attached hydrogens (tertiary/aromatic N) is 3. The number of β-amino-alcohol motifs (C(OH)–C–C–N with tert-alkyl or cyclic N) is 1. The van der Waals surface area contributed by atoms with Gasteiger partial charge in [0, 0.05) is 25.1 Å². The number of carbonyl (C=O) groups excluding carboxylic acids is 2. The molecular formula is C25H24N4O6. The minimum atomic E-state index is -1.16. The molecule has 0 spiro atoms. The number of ether oxygens (including phenoxy) is 1. The fraction of sp³-hybridized carbons (Fsp3) is 0.280. The highest BCUT2D eigenvalue weighted by Crippen LogP contribution is 2.44. The Morgan fingerprint density at radius 1 is 1.06 bits per heavy atom. The second-order valence-electron chi connectivity index (χ2n) is 8.67. The first-order valence-electron chi connectivity index (χ1n) is 11.3. The van der Waals surface area contributed by atoms with Gasteiger partial charge < -0.3 is 19.8 Å². The van der Waals surface area contributed by atoms with Crippen LogP contribution in [0.3, 0.4) is 0 Å². The van der Waals surface area contributed by atoms with Gasteiger partial charge in [0.25, 0.3) is 0 Å². The van der Waals surface area contributed by atoms with Gasteiger partial charge in [-0.05, 0) is 22.3 Å². The van der Waals surface area contributed by atoms with E-state index < -0.39 is 30.1 Å². The molecule has 2 aliphatic rings. The average molecular weight is 476 g/mol. The highest BCUT2D eigenvalue weighted by molar-refractivity contribution is 5.86. The Labute approximate surface area is 200 Å². The number of carbonyl (C=O) groups is 3. The highest BCUT2D eigenvalue weighted by Gasteiger charge is 2.38. The number of likely N-dealkylation sites (tertiary alicyclic amines) is 1. The number of rotatable bonds is 6. The third-order valence-corrected chi connectivity index (χ3v) is 6.40. The summed E-state index contributed by atoms with van der Waals surface area (Å²) in [6.07, 6.45) is 1.31. The van der Waals surface area contributed by atoms with E-state index >= 15 is 0 Å². The highest BCUT2D eigenvalue weighted by atomic mass is 16.5. The Balaban J connectivity index is 1.18. The van der Waals surface area contributed by atoms with Crippen LogP contribution in [0, 0.1) is 0 Å². The zero-order valence-electron chi connectivity index (χ0n) is 18.7. The normalized spacial score (nSPS) is 18.7. The van der Waals surface area contributed by atoms with E-state index in [0.717, 1.165) is 27.2 Å². The Morgan fingerprint density at radius 3 is 2.37 bits per heavy atom. The van der Waals surface area contributed by atoms with E-state index in [1.165, 1.54) is 17.1 Å². The number of nitrogens with one attached hydrogen (secondary N) is 1. The van der Waals surface area contributed by atoms with Gasteiger partial charge in [-0.15, -0.1) is 0 Å². The van der Waals surface area contributed by atoms with Gasteiger partial charge in [-0.25, -0.2) is 9.59 Å². The Morgan fingerprint density at radius 2 is 1.71 bits per heavy atom. The SMILES string of the molecule is O=C(Nc1cnn(CC(=O)N2CC(O)C[C@H]2C(=O)O)c1)OCC1c2ccccc2-c2ccccc21. The number of hydrogen-bond acceptors (Lipinski definition) is 6. The van der Waals surface area contributed by atoms with Crippen LogP contribution in [0.25, 0.3) is 11.1 Å². The molecule has 0 bridgehead atoms. The second-order valence-corrected chi connectivity index (χ2v) is 8.67. The summed E-state index contributed by atoms with van der Waals surface area (Å²) in [4.78, 5) is 37.5. The maximum absolute atomic E-state index is 12.5. The number of aliphatic hydroxyl groups excluding tert-OH is 1. The first kappa shape index (κ1) is 22.6. The minimum Gasteiger partial charge on any atom is -0.480 e. The number of aliphatic hydroxyl groups is 1. The molecular weight excluding hydrogens is 452 g/mol. The molecule has 2 heterocycles. The average Bonchev–Trinajstić information content (AvgIpc) is 3.53. The Kier molecular flexibility index (Phi) is 5.96. The first-order valence-corrected chi connectivity index (χ1v) is 11.3. The summed E-state index contributed by atoms with van der Waals surface area (Å²) in [5.41, 5.74) is 4.84. The van der Waals surface area contributed by atoms with Crippen LogP contribution in [-0.4, -0.2) is 68.2 Å². The van der Waals surface area contributed by atoms with Crippen LogP contribution in [0.5, 0.6) is 0 Å². The maximum atomic E-state index is 12.5. The summed E-state index contributed by atoms with van der Waals surface area (Å²) in [5, 5.41) is 25.7. The van der Waals surface area contributed by atoms with Crippen molar-refractivity contribution in [3.63, 3.8) is 0 Å². The van der Waals surface area contributed by atoms with Crippen molar-refractivity contribution in [2.45, 2.75) is 31.0 Å². The van der Waals surface area contributed by atoms with E-state index in [-0.39, 0.29) is 32.0 Å². The lowest BCUT2D eigenvalue weighted by atomic mass is 9.98. The Hall–Kier alpha value is -4.18. The predicted molar refractivity (Wildman–Crippen MR) is 125 cm³/mol. The van der Waals surface area contributed by atoms with Crippen molar-refractivity contribution in [1.82, 2.24) is 14.7 Å². The van der Waals surface area contributed by atoms with Crippen LogP contribution in [0.15, 0.2) is 60.9 Å². The third kappa shape index (κ3) is 4.47. The van der Waals surface area contributed by atoms with Gasteiger partial charge in [-0.3, -0.25) is 14.8 Å². The van der Waals surface area contributed by atoms with Crippen LogP contribution < -0.4 is 5.32 Å². The largest absolute Gasteiger partial charge is 0.480 e. The molecule has 10 heteroatoms. The van der Waals surface area contributed by atoms with Gasteiger partial charge in [0.15, 0.2) is 0 Å². The van der Waals surface area contributed by atoms with E-state index in [4.69, 9.17) is 4.74 Å².